The van der Waals surface area contributed by atoms with E-state index in [4.69, 9.17) is 5.73 Å². The molecule has 0 saturated heterocycles. The molecule has 1 amide bonds. The van der Waals surface area contributed by atoms with Crippen LogP contribution in [0, 0.1) is 0 Å². The number of nitrogens with zero attached hydrogens (tertiary/aromatic N) is 3. The number of carbonyl (C=O) groups excluding carboxylic acids is 1. The summed E-state index contributed by atoms with van der Waals surface area (Å²) in [6, 6.07) is 7.00. The topological polar surface area (TPSA) is 84.1 Å². The lowest BCUT2D eigenvalue weighted by atomic mass is 10.1. The Morgan fingerprint density at radius 2 is 2.15 bits per heavy atom. The molecule has 0 aliphatic rings. The van der Waals surface area contributed by atoms with Gasteiger partial charge in [0.15, 0.2) is 0 Å². The molecular formula is C14H17N5O. The van der Waals surface area contributed by atoms with Crippen molar-refractivity contribution in [3.8, 4) is 0 Å². The predicted molar refractivity (Wildman–Crippen MR) is 78.2 cm³/mol. The summed E-state index contributed by atoms with van der Waals surface area (Å²) in [5, 5.41) is 3.19. The van der Waals surface area contributed by atoms with E-state index < -0.39 is 0 Å². The van der Waals surface area contributed by atoms with Crippen LogP contribution in [0.4, 0.5) is 11.4 Å². The van der Waals surface area contributed by atoms with E-state index in [9.17, 15) is 4.79 Å². The van der Waals surface area contributed by atoms with Crippen LogP contribution in [0.5, 0.6) is 0 Å². The van der Waals surface area contributed by atoms with Gasteiger partial charge in [0.1, 0.15) is 6.33 Å². The third kappa shape index (κ3) is 3.23. The molecule has 0 saturated carbocycles. The minimum Gasteiger partial charge on any atom is -0.399 e. The van der Waals surface area contributed by atoms with Crippen LogP contribution in [0.3, 0.4) is 0 Å². The number of nitrogen functional groups attached to an aromatic ring is 1. The zero-order valence-corrected chi connectivity index (χ0v) is 11.5. The molecule has 1 aromatic heterocycles. The van der Waals surface area contributed by atoms with E-state index in [0.29, 0.717) is 23.5 Å². The second-order valence-electron chi connectivity index (χ2n) is 4.56. The van der Waals surface area contributed by atoms with Crippen LogP contribution in [0.15, 0.2) is 36.8 Å². The Morgan fingerprint density at radius 3 is 2.80 bits per heavy atom. The maximum atomic E-state index is 12.1. The molecule has 2 rings (SSSR count). The highest BCUT2D eigenvalue weighted by molar-refractivity contribution is 5.99. The fourth-order valence-corrected chi connectivity index (χ4v) is 1.74. The summed E-state index contributed by atoms with van der Waals surface area (Å²) >= 11 is 0. The highest BCUT2D eigenvalue weighted by Gasteiger charge is 2.13. The second-order valence-corrected chi connectivity index (χ2v) is 4.56. The fourth-order valence-electron chi connectivity index (χ4n) is 1.74. The smallest absolute Gasteiger partial charge is 0.255 e. The normalized spacial score (nSPS) is 10.1. The fraction of sp³-hybridized carbons (Fsp3) is 0.214. The third-order valence-corrected chi connectivity index (χ3v) is 2.78. The first kappa shape index (κ1) is 13.8. The number of nitrogens with one attached hydrogen (secondary N) is 1. The molecule has 3 N–H and O–H groups in total. The van der Waals surface area contributed by atoms with Gasteiger partial charge in [-0.2, -0.15) is 0 Å². The van der Waals surface area contributed by atoms with Crippen LogP contribution in [0.1, 0.15) is 16.1 Å². The molecule has 0 unspecified atom stereocenters. The van der Waals surface area contributed by atoms with Crippen molar-refractivity contribution in [2.24, 2.45) is 0 Å². The number of carbonyl (C=O) groups is 1. The van der Waals surface area contributed by atoms with Crippen molar-refractivity contribution >= 4 is 17.3 Å². The summed E-state index contributed by atoms with van der Waals surface area (Å²) in [4.78, 5) is 21.6. The van der Waals surface area contributed by atoms with E-state index >= 15 is 0 Å². The van der Waals surface area contributed by atoms with E-state index in [1.54, 1.807) is 38.5 Å². The number of hydrogen-bond donors (Lipinski definition) is 2. The van der Waals surface area contributed by atoms with Gasteiger partial charge in [0.25, 0.3) is 5.91 Å². The lowest BCUT2D eigenvalue weighted by molar-refractivity contribution is 0.0828. The summed E-state index contributed by atoms with van der Waals surface area (Å²) in [5.74, 6) is -0.0739. The summed E-state index contributed by atoms with van der Waals surface area (Å²) in [6.07, 6.45) is 3.16. The van der Waals surface area contributed by atoms with Crippen LogP contribution in [-0.2, 0) is 6.54 Å². The minimum absolute atomic E-state index is 0.0739. The monoisotopic (exact) mass is 271 g/mol. The first-order valence-corrected chi connectivity index (χ1v) is 6.18. The van der Waals surface area contributed by atoms with Crippen molar-refractivity contribution in [1.82, 2.24) is 14.9 Å². The van der Waals surface area contributed by atoms with Crippen LogP contribution < -0.4 is 11.1 Å². The van der Waals surface area contributed by atoms with Crippen LogP contribution in [-0.4, -0.2) is 34.9 Å². The number of aromatic nitrogens is 2. The van der Waals surface area contributed by atoms with Gasteiger partial charge in [0, 0.05) is 31.7 Å². The zero-order valence-electron chi connectivity index (χ0n) is 11.5. The molecule has 0 atom stereocenters. The van der Waals surface area contributed by atoms with E-state index in [1.807, 2.05) is 6.07 Å². The van der Waals surface area contributed by atoms with Gasteiger partial charge in [0.2, 0.25) is 0 Å². The Labute approximate surface area is 117 Å². The minimum atomic E-state index is -0.0739. The lowest BCUT2D eigenvalue weighted by Gasteiger charge is -2.15. The summed E-state index contributed by atoms with van der Waals surface area (Å²) in [7, 11) is 3.43. The number of anilines is 2. The first-order valence-electron chi connectivity index (χ1n) is 6.18. The SMILES string of the molecule is CN(C)C(=O)c1ccc(N)cc1NCc1ccncn1. The lowest BCUT2D eigenvalue weighted by Crippen LogP contribution is -2.23. The van der Waals surface area contributed by atoms with Gasteiger partial charge in [-0.05, 0) is 24.3 Å². The van der Waals surface area contributed by atoms with Crippen molar-refractivity contribution in [3.05, 3.63) is 48.0 Å². The zero-order chi connectivity index (χ0) is 14.5. The van der Waals surface area contributed by atoms with Crippen molar-refractivity contribution < 1.29 is 4.79 Å². The van der Waals surface area contributed by atoms with E-state index in [0.717, 1.165) is 5.69 Å². The molecule has 6 heteroatoms. The standard InChI is InChI=1S/C14H17N5O/c1-19(2)14(20)12-4-3-10(15)7-13(12)17-8-11-5-6-16-9-18-11/h3-7,9,17H,8,15H2,1-2H3. The van der Waals surface area contributed by atoms with Gasteiger partial charge in [-0.3, -0.25) is 4.79 Å². The average Bonchev–Trinajstić information content (AvgIpc) is 2.45. The Kier molecular flexibility index (Phi) is 4.14. The molecule has 0 fully saturated rings. The van der Waals surface area contributed by atoms with Crippen molar-refractivity contribution in [1.29, 1.82) is 0 Å². The molecule has 1 heterocycles. The predicted octanol–water partition coefficient (Wildman–Crippen LogP) is 1.37. The van der Waals surface area contributed by atoms with Gasteiger partial charge in [-0.15, -0.1) is 0 Å². The molecule has 20 heavy (non-hydrogen) atoms. The van der Waals surface area contributed by atoms with Gasteiger partial charge >= 0.3 is 0 Å². The molecule has 2 aromatic rings. The van der Waals surface area contributed by atoms with Crippen molar-refractivity contribution in [2.45, 2.75) is 6.54 Å². The van der Waals surface area contributed by atoms with Crippen LogP contribution >= 0.6 is 0 Å². The van der Waals surface area contributed by atoms with Crippen LogP contribution in [0.25, 0.3) is 0 Å². The molecule has 0 aliphatic heterocycles. The number of nitrogens with two attached hydrogens (primary N) is 1. The molecule has 0 aliphatic carbocycles. The molecule has 104 valence electrons. The highest BCUT2D eigenvalue weighted by Crippen LogP contribution is 2.21. The van der Waals surface area contributed by atoms with Gasteiger partial charge < -0.3 is 16.0 Å². The maximum Gasteiger partial charge on any atom is 0.255 e. The summed E-state index contributed by atoms with van der Waals surface area (Å²) in [5.41, 5.74) is 8.50. The van der Waals surface area contributed by atoms with Crippen molar-refractivity contribution in [3.63, 3.8) is 0 Å². The Bertz CT molecular complexity index is 598. The molecular weight excluding hydrogens is 254 g/mol. The molecule has 1 aromatic carbocycles. The number of benzene rings is 1. The Morgan fingerprint density at radius 1 is 1.35 bits per heavy atom. The number of amides is 1. The van der Waals surface area contributed by atoms with Gasteiger partial charge in [0.05, 0.1) is 17.8 Å². The average molecular weight is 271 g/mol. The van der Waals surface area contributed by atoms with E-state index in [2.05, 4.69) is 15.3 Å². The summed E-state index contributed by atoms with van der Waals surface area (Å²) in [6.45, 7) is 0.500. The second kappa shape index (κ2) is 6.01. The third-order valence-electron chi connectivity index (χ3n) is 2.78. The van der Waals surface area contributed by atoms with E-state index in [1.165, 1.54) is 11.2 Å². The quantitative estimate of drug-likeness (QED) is 0.820. The molecule has 0 spiro atoms. The van der Waals surface area contributed by atoms with Crippen LogP contribution in [0.2, 0.25) is 0 Å². The molecule has 0 radical (unpaired) electrons. The van der Waals surface area contributed by atoms with Crippen molar-refractivity contribution in [2.75, 3.05) is 25.1 Å². The molecule has 0 bridgehead atoms. The number of rotatable bonds is 4. The first-order chi connectivity index (χ1) is 9.58. The van der Waals surface area contributed by atoms with E-state index in [-0.39, 0.29) is 5.91 Å². The van der Waals surface area contributed by atoms with Gasteiger partial charge in [-0.25, -0.2) is 9.97 Å². The maximum absolute atomic E-state index is 12.1. The van der Waals surface area contributed by atoms with Gasteiger partial charge in [-0.1, -0.05) is 0 Å². The Hall–Kier alpha value is -2.63. The summed E-state index contributed by atoms with van der Waals surface area (Å²) < 4.78 is 0. The number of hydrogen-bond acceptors (Lipinski definition) is 5. The largest absolute Gasteiger partial charge is 0.399 e. The molecule has 6 nitrogen and oxygen atoms in total. The Balaban J connectivity index is 2.21. The highest BCUT2D eigenvalue weighted by atomic mass is 16.2.